The molecule has 0 radical (unpaired) electrons. The zero-order valence-electron chi connectivity index (χ0n) is 10.8. The first-order valence-electron chi connectivity index (χ1n) is 6.51. The van der Waals surface area contributed by atoms with Gasteiger partial charge in [-0.15, -0.1) is 0 Å². The Morgan fingerprint density at radius 3 is 2.65 bits per heavy atom. The molecule has 1 N–H and O–H groups in total. The molecular formula is C13H22N4. The number of nitrogens with one attached hydrogen (secondary N) is 1. The molecule has 0 aromatic carbocycles. The van der Waals surface area contributed by atoms with Gasteiger partial charge >= 0.3 is 0 Å². The third-order valence-electron chi connectivity index (χ3n) is 3.27. The Morgan fingerprint density at radius 1 is 1.24 bits per heavy atom. The third-order valence-corrected chi connectivity index (χ3v) is 3.27. The van der Waals surface area contributed by atoms with Crippen LogP contribution in [0.2, 0.25) is 0 Å². The molecule has 0 amide bonds. The van der Waals surface area contributed by atoms with E-state index in [1.165, 1.54) is 0 Å². The van der Waals surface area contributed by atoms with E-state index in [4.69, 9.17) is 0 Å². The molecule has 17 heavy (non-hydrogen) atoms. The molecule has 4 heteroatoms. The fourth-order valence-corrected chi connectivity index (χ4v) is 2.25. The van der Waals surface area contributed by atoms with Crippen molar-refractivity contribution in [3.8, 4) is 0 Å². The van der Waals surface area contributed by atoms with Crippen molar-refractivity contribution in [3.05, 3.63) is 18.3 Å². The van der Waals surface area contributed by atoms with Gasteiger partial charge in [0, 0.05) is 38.9 Å². The van der Waals surface area contributed by atoms with Crippen molar-refractivity contribution < 1.29 is 0 Å². The van der Waals surface area contributed by atoms with Crippen LogP contribution in [0.3, 0.4) is 0 Å². The van der Waals surface area contributed by atoms with Gasteiger partial charge in [-0.05, 0) is 25.6 Å². The largest absolute Gasteiger partial charge is 0.382 e. The lowest BCUT2D eigenvalue weighted by atomic mass is 10.3. The summed E-state index contributed by atoms with van der Waals surface area (Å²) in [6, 6.07) is 4.10. The Labute approximate surface area is 104 Å². The van der Waals surface area contributed by atoms with Crippen molar-refractivity contribution in [2.75, 3.05) is 49.5 Å². The minimum Gasteiger partial charge on any atom is -0.382 e. The van der Waals surface area contributed by atoms with Crippen LogP contribution in [0.1, 0.15) is 13.8 Å². The standard InChI is InChI=1S/C13H22N4/c1-3-14-12-6-5-7-15-13(12)17-10-8-16(4-2)9-11-17/h5-7,14H,3-4,8-11H2,1-2H3. The van der Waals surface area contributed by atoms with Gasteiger partial charge < -0.3 is 15.1 Å². The van der Waals surface area contributed by atoms with Crippen LogP contribution in [0.4, 0.5) is 11.5 Å². The summed E-state index contributed by atoms with van der Waals surface area (Å²) in [5.74, 6) is 1.10. The van der Waals surface area contributed by atoms with E-state index in [2.05, 4.69) is 40.0 Å². The maximum Gasteiger partial charge on any atom is 0.152 e. The second-order valence-corrected chi connectivity index (χ2v) is 4.33. The zero-order chi connectivity index (χ0) is 12.1. The van der Waals surface area contributed by atoms with Crippen LogP contribution in [-0.2, 0) is 0 Å². The molecule has 0 spiro atoms. The SMILES string of the molecule is CCNc1cccnc1N1CCN(CC)CC1. The lowest BCUT2D eigenvalue weighted by Crippen LogP contribution is -2.46. The van der Waals surface area contributed by atoms with Gasteiger partial charge in [0.1, 0.15) is 0 Å². The first-order chi connectivity index (χ1) is 8.35. The first kappa shape index (κ1) is 12.2. The quantitative estimate of drug-likeness (QED) is 0.858. The van der Waals surface area contributed by atoms with Crippen molar-refractivity contribution in [3.63, 3.8) is 0 Å². The van der Waals surface area contributed by atoms with Crippen molar-refractivity contribution >= 4 is 11.5 Å². The number of likely N-dealkylation sites (N-methyl/N-ethyl adjacent to an activating group) is 1. The molecule has 4 nitrogen and oxygen atoms in total. The molecule has 0 saturated carbocycles. The molecule has 2 rings (SSSR count). The lowest BCUT2D eigenvalue weighted by Gasteiger charge is -2.35. The minimum atomic E-state index is 0.938. The molecule has 2 heterocycles. The van der Waals surface area contributed by atoms with Crippen LogP contribution >= 0.6 is 0 Å². The predicted molar refractivity (Wildman–Crippen MR) is 72.7 cm³/mol. The fraction of sp³-hybridized carbons (Fsp3) is 0.615. The van der Waals surface area contributed by atoms with Gasteiger partial charge in [-0.3, -0.25) is 0 Å². The van der Waals surface area contributed by atoms with Gasteiger partial charge in [-0.25, -0.2) is 4.98 Å². The highest BCUT2D eigenvalue weighted by atomic mass is 15.3. The molecule has 1 aliphatic heterocycles. The smallest absolute Gasteiger partial charge is 0.152 e. The summed E-state index contributed by atoms with van der Waals surface area (Å²) < 4.78 is 0. The Hall–Kier alpha value is -1.29. The van der Waals surface area contributed by atoms with E-state index >= 15 is 0 Å². The van der Waals surface area contributed by atoms with Gasteiger partial charge in [0.15, 0.2) is 5.82 Å². The molecule has 1 aromatic heterocycles. The van der Waals surface area contributed by atoms with Crippen LogP contribution in [0, 0.1) is 0 Å². The van der Waals surface area contributed by atoms with Crippen molar-refractivity contribution in [2.45, 2.75) is 13.8 Å². The van der Waals surface area contributed by atoms with Gasteiger partial charge in [0.05, 0.1) is 5.69 Å². The van der Waals surface area contributed by atoms with Crippen LogP contribution in [-0.4, -0.2) is 49.2 Å². The van der Waals surface area contributed by atoms with Crippen molar-refractivity contribution in [1.82, 2.24) is 9.88 Å². The van der Waals surface area contributed by atoms with Crippen LogP contribution in [0.25, 0.3) is 0 Å². The van der Waals surface area contributed by atoms with Crippen LogP contribution < -0.4 is 10.2 Å². The average molecular weight is 234 g/mol. The normalized spacial score (nSPS) is 17.2. The summed E-state index contributed by atoms with van der Waals surface area (Å²) in [4.78, 5) is 9.37. The lowest BCUT2D eigenvalue weighted by molar-refractivity contribution is 0.270. The van der Waals surface area contributed by atoms with E-state index in [0.717, 1.165) is 50.8 Å². The summed E-state index contributed by atoms with van der Waals surface area (Å²) >= 11 is 0. The number of nitrogens with zero attached hydrogens (tertiary/aromatic N) is 3. The third kappa shape index (κ3) is 2.88. The Morgan fingerprint density at radius 2 is 2.00 bits per heavy atom. The summed E-state index contributed by atoms with van der Waals surface area (Å²) in [7, 11) is 0. The van der Waals surface area contributed by atoms with Gasteiger partial charge in [-0.2, -0.15) is 0 Å². The van der Waals surface area contributed by atoms with E-state index in [-0.39, 0.29) is 0 Å². The highest BCUT2D eigenvalue weighted by Gasteiger charge is 2.18. The topological polar surface area (TPSA) is 31.4 Å². The number of aromatic nitrogens is 1. The molecule has 0 atom stereocenters. The van der Waals surface area contributed by atoms with Crippen LogP contribution in [0.15, 0.2) is 18.3 Å². The molecule has 1 aliphatic rings. The van der Waals surface area contributed by atoms with Gasteiger partial charge in [0.25, 0.3) is 0 Å². The molecule has 1 aromatic rings. The molecule has 94 valence electrons. The zero-order valence-corrected chi connectivity index (χ0v) is 10.8. The van der Waals surface area contributed by atoms with Gasteiger partial charge in [0.2, 0.25) is 0 Å². The molecular weight excluding hydrogens is 212 g/mol. The van der Waals surface area contributed by atoms with E-state index in [1.54, 1.807) is 0 Å². The number of anilines is 2. The maximum absolute atomic E-state index is 4.52. The number of piperazine rings is 1. The van der Waals surface area contributed by atoms with E-state index < -0.39 is 0 Å². The fourth-order valence-electron chi connectivity index (χ4n) is 2.25. The Kier molecular flexibility index (Phi) is 4.20. The summed E-state index contributed by atoms with van der Waals surface area (Å²) in [6.07, 6.45) is 1.88. The van der Waals surface area contributed by atoms with E-state index in [9.17, 15) is 0 Å². The van der Waals surface area contributed by atoms with Crippen LogP contribution in [0.5, 0.6) is 0 Å². The van der Waals surface area contributed by atoms with Crippen molar-refractivity contribution in [1.29, 1.82) is 0 Å². The van der Waals surface area contributed by atoms with Gasteiger partial charge in [-0.1, -0.05) is 6.92 Å². The molecule has 0 aliphatic carbocycles. The minimum absolute atomic E-state index is 0.938. The highest BCUT2D eigenvalue weighted by molar-refractivity contribution is 5.65. The number of hydrogen-bond donors (Lipinski definition) is 1. The number of rotatable bonds is 4. The molecule has 1 saturated heterocycles. The highest BCUT2D eigenvalue weighted by Crippen LogP contribution is 2.23. The molecule has 0 unspecified atom stereocenters. The summed E-state index contributed by atoms with van der Waals surface area (Å²) in [5.41, 5.74) is 1.15. The second-order valence-electron chi connectivity index (χ2n) is 4.33. The molecule has 1 fully saturated rings. The monoisotopic (exact) mass is 234 g/mol. The first-order valence-corrected chi connectivity index (χ1v) is 6.51. The summed E-state index contributed by atoms with van der Waals surface area (Å²) in [6.45, 7) is 10.8. The van der Waals surface area contributed by atoms with E-state index in [0.29, 0.717) is 0 Å². The number of pyridine rings is 1. The average Bonchev–Trinajstić information content (AvgIpc) is 2.40. The molecule has 0 bridgehead atoms. The Bertz CT molecular complexity index is 345. The maximum atomic E-state index is 4.52. The Balaban J connectivity index is 2.07. The second kappa shape index (κ2) is 5.87. The predicted octanol–water partition coefficient (Wildman–Crippen LogP) is 1.66. The van der Waals surface area contributed by atoms with E-state index in [1.807, 2.05) is 12.3 Å². The summed E-state index contributed by atoms with van der Waals surface area (Å²) in [5, 5.41) is 3.38. The van der Waals surface area contributed by atoms with Crippen molar-refractivity contribution in [2.24, 2.45) is 0 Å². The number of hydrogen-bond acceptors (Lipinski definition) is 4.